The number of rotatable bonds is 2. The maximum absolute atomic E-state index is 6.62. The van der Waals surface area contributed by atoms with Gasteiger partial charge in [0, 0.05) is 36.5 Å². The first kappa shape index (κ1) is 25.2. The Bertz CT molecular complexity index is 2550. The van der Waals surface area contributed by atoms with Crippen molar-refractivity contribution >= 4 is 42.3 Å². The highest BCUT2D eigenvalue weighted by Gasteiger charge is 2.35. The van der Waals surface area contributed by atoms with Crippen LogP contribution in [0.15, 0.2) is 133 Å². The summed E-state index contributed by atoms with van der Waals surface area (Å²) in [5.41, 5.74) is 12.8. The summed E-state index contributed by atoms with van der Waals surface area (Å²) in [4.78, 5) is 0. The van der Waals surface area contributed by atoms with E-state index in [0.29, 0.717) is 0 Å². The number of hydrogen-bond donors (Lipinski definition) is 0. The third-order valence-corrected chi connectivity index (χ3v) is 11.3. The summed E-state index contributed by atoms with van der Waals surface area (Å²) in [6.45, 7) is 4.70. The Kier molecular flexibility index (Phi) is 5.00. The Labute approximate surface area is 266 Å². The van der Waals surface area contributed by atoms with Crippen molar-refractivity contribution in [1.82, 2.24) is 0 Å². The molecular formula is C43H28OS. The molecule has 1 aromatic heterocycles. The molecule has 0 spiro atoms. The molecule has 0 radical (unpaired) electrons. The molecule has 212 valence electrons. The second-order valence-corrected chi connectivity index (χ2v) is 13.9. The van der Waals surface area contributed by atoms with Gasteiger partial charge in [0.25, 0.3) is 0 Å². The van der Waals surface area contributed by atoms with Gasteiger partial charge in [-0.3, -0.25) is 0 Å². The van der Waals surface area contributed by atoms with Crippen LogP contribution in [0, 0.1) is 0 Å². The predicted octanol–water partition coefficient (Wildman–Crippen LogP) is 12.6. The Morgan fingerprint density at radius 1 is 0.467 bits per heavy atom. The molecule has 0 N–H and O–H groups in total. The van der Waals surface area contributed by atoms with E-state index in [4.69, 9.17) is 4.74 Å². The minimum Gasteiger partial charge on any atom is -0.456 e. The van der Waals surface area contributed by atoms with Gasteiger partial charge >= 0.3 is 0 Å². The first-order chi connectivity index (χ1) is 22.1. The molecule has 0 atom stereocenters. The molecule has 8 aromatic rings. The van der Waals surface area contributed by atoms with E-state index in [0.717, 1.165) is 17.1 Å². The van der Waals surface area contributed by atoms with E-state index in [1.807, 2.05) is 11.3 Å². The fraction of sp³-hybridized carbons (Fsp3) is 0.0698. The van der Waals surface area contributed by atoms with Gasteiger partial charge in [-0.25, -0.2) is 0 Å². The van der Waals surface area contributed by atoms with Gasteiger partial charge in [-0.15, -0.1) is 11.3 Å². The molecule has 1 nitrogen and oxygen atoms in total. The zero-order valence-corrected chi connectivity index (χ0v) is 25.8. The number of thiophene rings is 1. The summed E-state index contributed by atoms with van der Waals surface area (Å²) >= 11 is 1.88. The molecule has 45 heavy (non-hydrogen) atoms. The predicted molar refractivity (Wildman–Crippen MR) is 191 cm³/mol. The molecule has 0 saturated heterocycles. The van der Waals surface area contributed by atoms with E-state index in [9.17, 15) is 0 Å². The van der Waals surface area contributed by atoms with Crippen LogP contribution in [0.5, 0.6) is 11.5 Å². The third-order valence-electron chi connectivity index (χ3n) is 10.1. The topological polar surface area (TPSA) is 9.23 Å². The van der Waals surface area contributed by atoms with Gasteiger partial charge in [0.2, 0.25) is 0 Å². The van der Waals surface area contributed by atoms with Crippen LogP contribution in [0.25, 0.3) is 75.5 Å². The lowest BCUT2D eigenvalue weighted by atomic mass is 9.81. The van der Waals surface area contributed by atoms with Crippen LogP contribution < -0.4 is 4.74 Å². The van der Waals surface area contributed by atoms with E-state index in [-0.39, 0.29) is 5.41 Å². The molecule has 7 aromatic carbocycles. The largest absolute Gasteiger partial charge is 0.456 e. The fourth-order valence-corrected chi connectivity index (χ4v) is 9.14. The van der Waals surface area contributed by atoms with Crippen molar-refractivity contribution in [3.8, 4) is 56.0 Å². The van der Waals surface area contributed by atoms with Gasteiger partial charge in [0.15, 0.2) is 0 Å². The minimum atomic E-state index is -0.0377. The number of benzene rings is 7. The first-order valence-corrected chi connectivity index (χ1v) is 16.4. The van der Waals surface area contributed by atoms with Crippen molar-refractivity contribution in [2.45, 2.75) is 19.3 Å². The van der Waals surface area contributed by atoms with Crippen molar-refractivity contribution < 1.29 is 4.74 Å². The Balaban J connectivity index is 1.14. The zero-order chi connectivity index (χ0) is 29.9. The molecule has 2 heteroatoms. The van der Waals surface area contributed by atoms with Crippen molar-refractivity contribution in [3.05, 3.63) is 145 Å². The maximum atomic E-state index is 6.62. The van der Waals surface area contributed by atoms with Crippen LogP contribution in [0.1, 0.15) is 25.0 Å². The summed E-state index contributed by atoms with van der Waals surface area (Å²) in [5, 5.41) is 5.05. The molecule has 10 rings (SSSR count). The fourth-order valence-electron chi connectivity index (χ4n) is 7.90. The molecule has 0 amide bonds. The Morgan fingerprint density at radius 2 is 1.13 bits per heavy atom. The number of hydrogen-bond acceptors (Lipinski definition) is 2. The second-order valence-electron chi connectivity index (χ2n) is 12.9. The van der Waals surface area contributed by atoms with E-state index < -0.39 is 0 Å². The molecule has 1 aliphatic heterocycles. The highest BCUT2D eigenvalue weighted by molar-refractivity contribution is 7.26. The molecular weight excluding hydrogens is 565 g/mol. The van der Waals surface area contributed by atoms with Gasteiger partial charge < -0.3 is 4.74 Å². The van der Waals surface area contributed by atoms with Gasteiger partial charge in [0.05, 0.1) is 0 Å². The van der Waals surface area contributed by atoms with Crippen molar-refractivity contribution in [1.29, 1.82) is 0 Å². The van der Waals surface area contributed by atoms with Crippen LogP contribution in [-0.4, -0.2) is 0 Å². The van der Waals surface area contributed by atoms with Crippen LogP contribution in [-0.2, 0) is 5.41 Å². The van der Waals surface area contributed by atoms with E-state index >= 15 is 0 Å². The highest BCUT2D eigenvalue weighted by Crippen LogP contribution is 2.52. The number of ether oxygens (including phenoxy) is 1. The smallest absolute Gasteiger partial charge is 0.135 e. The summed E-state index contributed by atoms with van der Waals surface area (Å²) in [7, 11) is 0. The average molecular weight is 593 g/mol. The monoisotopic (exact) mass is 592 g/mol. The standard InChI is InChI=1S/C43H28OS/c1-43(2)36-15-5-3-9-29(36)30-19-17-26(24-37(30)43)27-20-22-39-41-32(27)12-8-13-33(41)35-23-25(18-21-38(35)44-39)28-11-7-14-34-31-10-4-6-16-40(31)45-42(28)34/h3-24H,1-2H3. The van der Waals surface area contributed by atoms with Gasteiger partial charge in [-0.2, -0.15) is 0 Å². The molecule has 0 saturated carbocycles. The molecule has 2 aliphatic rings. The summed E-state index contributed by atoms with van der Waals surface area (Å²) in [6, 6.07) is 49.1. The van der Waals surface area contributed by atoms with Gasteiger partial charge in [-0.1, -0.05) is 117 Å². The van der Waals surface area contributed by atoms with Gasteiger partial charge in [0.1, 0.15) is 11.5 Å². The van der Waals surface area contributed by atoms with Crippen LogP contribution in [0.4, 0.5) is 0 Å². The van der Waals surface area contributed by atoms with Crippen LogP contribution in [0.2, 0.25) is 0 Å². The van der Waals surface area contributed by atoms with Crippen LogP contribution >= 0.6 is 11.3 Å². The number of fused-ring (bicyclic) bond motifs is 8. The second kappa shape index (κ2) is 8.94. The molecule has 2 heterocycles. The average Bonchev–Trinajstić information content (AvgIpc) is 3.57. The summed E-state index contributed by atoms with van der Waals surface area (Å²) in [5.74, 6) is 1.83. The minimum absolute atomic E-state index is 0.0377. The van der Waals surface area contributed by atoms with E-state index in [1.54, 1.807) is 0 Å². The highest BCUT2D eigenvalue weighted by atomic mass is 32.1. The van der Waals surface area contributed by atoms with E-state index in [2.05, 4.69) is 147 Å². The van der Waals surface area contributed by atoms with E-state index in [1.165, 1.54) is 81.0 Å². The molecule has 1 aliphatic carbocycles. The quantitative estimate of drug-likeness (QED) is 0.194. The first-order valence-electron chi connectivity index (χ1n) is 15.6. The Morgan fingerprint density at radius 3 is 2.07 bits per heavy atom. The van der Waals surface area contributed by atoms with Crippen molar-refractivity contribution in [3.63, 3.8) is 0 Å². The third kappa shape index (κ3) is 3.43. The lowest BCUT2D eigenvalue weighted by Gasteiger charge is -2.24. The molecule has 0 bridgehead atoms. The lowest BCUT2D eigenvalue weighted by molar-refractivity contribution is 0.487. The summed E-state index contributed by atoms with van der Waals surface area (Å²) < 4.78 is 9.28. The maximum Gasteiger partial charge on any atom is 0.135 e. The normalized spacial score (nSPS) is 13.9. The van der Waals surface area contributed by atoms with Crippen LogP contribution in [0.3, 0.4) is 0 Å². The van der Waals surface area contributed by atoms with Crippen molar-refractivity contribution in [2.75, 3.05) is 0 Å². The zero-order valence-electron chi connectivity index (χ0n) is 25.0. The van der Waals surface area contributed by atoms with Gasteiger partial charge in [-0.05, 0) is 85.8 Å². The lowest BCUT2D eigenvalue weighted by Crippen LogP contribution is -2.14. The molecule has 0 fully saturated rings. The summed E-state index contributed by atoms with van der Waals surface area (Å²) in [6.07, 6.45) is 0. The Hall–Kier alpha value is -5.18. The SMILES string of the molecule is CC1(C)c2ccccc2-c2ccc(-c3ccc4c5c(cccc35)-c3cc(-c5cccc6c5sc5ccccc56)ccc3O4)cc21. The van der Waals surface area contributed by atoms with Crippen molar-refractivity contribution in [2.24, 2.45) is 0 Å². The molecule has 0 unspecified atom stereocenters.